The minimum absolute atomic E-state index is 0.0439. The van der Waals surface area contributed by atoms with E-state index in [2.05, 4.69) is 5.32 Å². The van der Waals surface area contributed by atoms with Gasteiger partial charge in [-0.1, -0.05) is 0 Å². The van der Waals surface area contributed by atoms with E-state index in [9.17, 15) is 14.7 Å². The number of anilines is 1. The van der Waals surface area contributed by atoms with Gasteiger partial charge < -0.3 is 25.3 Å². The molecule has 0 aromatic heterocycles. The molecule has 1 aliphatic heterocycles. The second-order valence-corrected chi connectivity index (χ2v) is 6.73. The molecule has 7 nitrogen and oxygen atoms in total. The van der Waals surface area contributed by atoms with E-state index in [0.29, 0.717) is 18.8 Å². The van der Waals surface area contributed by atoms with E-state index in [4.69, 9.17) is 5.11 Å². The highest BCUT2D eigenvalue weighted by atomic mass is 16.4. The van der Waals surface area contributed by atoms with Crippen molar-refractivity contribution >= 4 is 17.7 Å². The van der Waals surface area contributed by atoms with Gasteiger partial charge in [0.25, 0.3) is 0 Å². The first-order valence-electron chi connectivity index (χ1n) is 8.00. The third kappa shape index (κ3) is 4.46. The Morgan fingerprint density at radius 2 is 1.96 bits per heavy atom. The molecule has 0 saturated carbocycles. The van der Waals surface area contributed by atoms with Crippen LogP contribution in [0.2, 0.25) is 0 Å². The fourth-order valence-electron chi connectivity index (χ4n) is 3.26. The van der Waals surface area contributed by atoms with Gasteiger partial charge in [0, 0.05) is 30.7 Å². The molecule has 0 bridgehead atoms. The van der Waals surface area contributed by atoms with Crippen LogP contribution >= 0.6 is 0 Å². The molecule has 0 radical (unpaired) electrons. The highest BCUT2D eigenvalue weighted by Gasteiger charge is 2.37. The van der Waals surface area contributed by atoms with E-state index in [1.165, 1.54) is 12.1 Å². The number of carboxylic acids is 1. The summed E-state index contributed by atoms with van der Waals surface area (Å²) in [4.78, 5) is 27.1. The van der Waals surface area contributed by atoms with E-state index in [1.54, 1.807) is 17.0 Å². The van der Waals surface area contributed by atoms with Crippen LogP contribution in [0, 0.1) is 5.41 Å². The SMILES string of the molecule is CN(C)CC1(CO)CCCN(C(=O)Nc2ccc(C(=O)O)cc2)C1. The van der Waals surface area contributed by atoms with Crippen LogP contribution in [0.15, 0.2) is 24.3 Å². The number of likely N-dealkylation sites (tertiary alicyclic amines) is 1. The molecule has 0 spiro atoms. The van der Waals surface area contributed by atoms with Gasteiger partial charge in [0.05, 0.1) is 12.2 Å². The van der Waals surface area contributed by atoms with Crippen molar-refractivity contribution in [2.45, 2.75) is 12.8 Å². The number of hydrogen-bond acceptors (Lipinski definition) is 4. The van der Waals surface area contributed by atoms with Gasteiger partial charge in [0.2, 0.25) is 0 Å². The van der Waals surface area contributed by atoms with Crippen LogP contribution in [-0.4, -0.2) is 72.3 Å². The quantitative estimate of drug-likeness (QED) is 0.759. The molecular formula is C17H25N3O4. The highest BCUT2D eigenvalue weighted by Crippen LogP contribution is 2.30. The van der Waals surface area contributed by atoms with E-state index in [1.807, 2.05) is 19.0 Å². The summed E-state index contributed by atoms with van der Waals surface area (Å²) in [6.45, 7) is 1.91. The van der Waals surface area contributed by atoms with Crippen LogP contribution in [0.3, 0.4) is 0 Å². The van der Waals surface area contributed by atoms with Crippen molar-refractivity contribution in [1.82, 2.24) is 9.80 Å². The number of aliphatic hydroxyl groups is 1. The predicted octanol–water partition coefficient (Wildman–Crippen LogP) is 1.55. The second kappa shape index (κ2) is 7.63. The number of aromatic carboxylic acids is 1. The van der Waals surface area contributed by atoms with Crippen LogP contribution in [0.5, 0.6) is 0 Å². The Kier molecular flexibility index (Phi) is 5.80. The maximum atomic E-state index is 12.5. The monoisotopic (exact) mass is 335 g/mol. The van der Waals surface area contributed by atoms with Crippen LogP contribution in [-0.2, 0) is 0 Å². The first-order valence-corrected chi connectivity index (χ1v) is 8.00. The average molecular weight is 335 g/mol. The Morgan fingerprint density at radius 3 is 2.50 bits per heavy atom. The summed E-state index contributed by atoms with van der Waals surface area (Å²) in [6, 6.07) is 5.83. The van der Waals surface area contributed by atoms with Gasteiger partial charge in [-0.25, -0.2) is 9.59 Å². The number of carboxylic acid groups (broad SMARTS) is 1. The lowest BCUT2D eigenvalue weighted by Crippen LogP contribution is -2.52. The number of rotatable bonds is 5. The number of hydrogen-bond donors (Lipinski definition) is 3. The number of aliphatic hydroxyl groups excluding tert-OH is 1. The van der Waals surface area contributed by atoms with Crippen molar-refractivity contribution in [2.75, 3.05) is 45.7 Å². The predicted molar refractivity (Wildman–Crippen MR) is 91.3 cm³/mol. The Morgan fingerprint density at radius 1 is 1.29 bits per heavy atom. The molecule has 1 aromatic carbocycles. The molecule has 2 amide bonds. The van der Waals surface area contributed by atoms with Crippen LogP contribution in [0.1, 0.15) is 23.2 Å². The molecule has 1 atom stereocenters. The maximum Gasteiger partial charge on any atom is 0.335 e. The zero-order valence-corrected chi connectivity index (χ0v) is 14.2. The van der Waals surface area contributed by atoms with E-state index >= 15 is 0 Å². The maximum absolute atomic E-state index is 12.5. The van der Waals surface area contributed by atoms with Gasteiger partial charge in [0.15, 0.2) is 0 Å². The molecule has 24 heavy (non-hydrogen) atoms. The van der Waals surface area contributed by atoms with Crippen molar-refractivity contribution in [1.29, 1.82) is 0 Å². The molecule has 0 aliphatic carbocycles. The van der Waals surface area contributed by atoms with Gasteiger partial charge in [-0.3, -0.25) is 0 Å². The highest BCUT2D eigenvalue weighted by molar-refractivity contribution is 5.91. The molecule has 3 N–H and O–H groups in total. The molecular weight excluding hydrogens is 310 g/mol. The molecule has 2 rings (SSSR count). The summed E-state index contributed by atoms with van der Waals surface area (Å²) >= 11 is 0. The zero-order valence-electron chi connectivity index (χ0n) is 14.2. The van der Waals surface area contributed by atoms with Gasteiger partial charge in [0.1, 0.15) is 0 Å². The van der Waals surface area contributed by atoms with E-state index < -0.39 is 5.97 Å². The number of urea groups is 1. The summed E-state index contributed by atoms with van der Waals surface area (Å²) in [5, 5.41) is 21.5. The number of amides is 2. The number of benzene rings is 1. The Balaban J connectivity index is 2.02. The lowest BCUT2D eigenvalue weighted by Gasteiger charge is -2.43. The number of carbonyl (C=O) groups is 2. The van der Waals surface area contributed by atoms with Crippen molar-refractivity contribution in [3.05, 3.63) is 29.8 Å². The van der Waals surface area contributed by atoms with Crippen LogP contribution in [0.25, 0.3) is 0 Å². The fourth-order valence-corrected chi connectivity index (χ4v) is 3.26. The molecule has 1 saturated heterocycles. The van der Waals surface area contributed by atoms with Crippen molar-refractivity contribution in [3.8, 4) is 0 Å². The summed E-state index contributed by atoms with van der Waals surface area (Å²) in [7, 11) is 3.92. The zero-order chi connectivity index (χ0) is 17.7. The summed E-state index contributed by atoms with van der Waals surface area (Å²) in [6.07, 6.45) is 1.73. The number of nitrogens with one attached hydrogen (secondary N) is 1. The average Bonchev–Trinajstić information content (AvgIpc) is 2.55. The van der Waals surface area contributed by atoms with E-state index in [-0.39, 0.29) is 23.6 Å². The number of carbonyl (C=O) groups excluding carboxylic acids is 1. The van der Waals surface area contributed by atoms with Crippen molar-refractivity contribution in [2.24, 2.45) is 5.41 Å². The smallest absolute Gasteiger partial charge is 0.335 e. The topological polar surface area (TPSA) is 93.1 Å². The van der Waals surface area contributed by atoms with Crippen LogP contribution in [0.4, 0.5) is 10.5 Å². The lowest BCUT2D eigenvalue weighted by atomic mass is 9.80. The third-order valence-corrected chi connectivity index (χ3v) is 4.32. The molecule has 1 fully saturated rings. The normalized spacial score (nSPS) is 20.9. The molecule has 1 aromatic rings. The molecule has 1 unspecified atom stereocenters. The minimum atomic E-state index is -1.000. The molecule has 1 heterocycles. The molecule has 7 heteroatoms. The molecule has 132 valence electrons. The number of nitrogens with zero attached hydrogens (tertiary/aromatic N) is 2. The standard InChI is InChI=1S/C17H25N3O4/c1-19(2)10-17(12-21)8-3-9-20(11-17)16(24)18-14-6-4-13(5-7-14)15(22)23/h4-7,21H,3,8-12H2,1-2H3,(H,18,24)(H,22,23). The first-order chi connectivity index (χ1) is 11.3. The number of piperidine rings is 1. The van der Waals surface area contributed by atoms with Gasteiger partial charge in [-0.2, -0.15) is 0 Å². The Hall–Kier alpha value is -2.12. The van der Waals surface area contributed by atoms with Gasteiger partial charge in [-0.05, 0) is 51.2 Å². The first kappa shape index (κ1) is 18.2. The fraction of sp³-hybridized carbons (Fsp3) is 0.529. The molecule has 1 aliphatic rings. The lowest BCUT2D eigenvalue weighted by molar-refractivity contribution is 0.0294. The van der Waals surface area contributed by atoms with E-state index in [0.717, 1.165) is 19.4 Å². The Bertz CT molecular complexity index is 588. The summed E-state index contributed by atoms with van der Waals surface area (Å²) < 4.78 is 0. The van der Waals surface area contributed by atoms with Crippen LogP contribution < -0.4 is 5.32 Å². The van der Waals surface area contributed by atoms with Crippen molar-refractivity contribution in [3.63, 3.8) is 0 Å². The van der Waals surface area contributed by atoms with Gasteiger partial charge in [-0.15, -0.1) is 0 Å². The minimum Gasteiger partial charge on any atom is -0.478 e. The largest absolute Gasteiger partial charge is 0.478 e. The summed E-state index contributed by atoms with van der Waals surface area (Å²) in [5.41, 5.74) is 0.431. The second-order valence-electron chi connectivity index (χ2n) is 6.73. The Labute approximate surface area is 141 Å². The summed E-state index contributed by atoms with van der Waals surface area (Å²) in [5.74, 6) is -1.000. The van der Waals surface area contributed by atoms with Gasteiger partial charge >= 0.3 is 12.0 Å². The van der Waals surface area contributed by atoms with Crippen molar-refractivity contribution < 1.29 is 19.8 Å². The third-order valence-electron chi connectivity index (χ3n) is 4.32.